The van der Waals surface area contributed by atoms with E-state index in [1.807, 2.05) is 43.3 Å². The highest BCUT2D eigenvalue weighted by atomic mass is 16.5. The van der Waals surface area contributed by atoms with Crippen molar-refractivity contribution in [2.45, 2.75) is 50.5 Å². The Bertz CT molecular complexity index is 892. The molecule has 8 heteroatoms. The number of benzene rings is 2. The number of aliphatic hydroxyl groups excluding tert-OH is 1. The van der Waals surface area contributed by atoms with E-state index in [1.54, 1.807) is 18.2 Å². The van der Waals surface area contributed by atoms with Crippen molar-refractivity contribution < 1.29 is 24.2 Å². The maximum atomic E-state index is 12.5. The first-order valence-electron chi connectivity index (χ1n) is 10.8. The summed E-state index contributed by atoms with van der Waals surface area (Å²) in [6.07, 6.45) is 0.496. The molecule has 1 heterocycles. The molecule has 172 valence electrons. The lowest BCUT2D eigenvalue weighted by Gasteiger charge is -2.36. The molecule has 0 bridgehead atoms. The minimum Gasteiger partial charge on any atom is -0.495 e. The van der Waals surface area contributed by atoms with Gasteiger partial charge in [-0.1, -0.05) is 42.5 Å². The van der Waals surface area contributed by atoms with Crippen LogP contribution in [0.1, 0.15) is 37.8 Å². The number of para-hydroxylation sites is 2. The molecule has 1 aliphatic heterocycles. The van der Waals surface area contributed by atoms with Gasteiger partial charge in [0.1, 0.15) is 11.9 Å². The summed E-state index contributed by atoms with van der Waals surface area (Å²) in [4.78, 5) is 24.9. The van der Waals surface area contributed by atoms with Crippen molar-refractivity contribution in [3.8, 4) is 5.75 Å². The van der Waals surface area contributed by atoms with Crippen LogP contribution in [0.5, 0.6) is 5.75 Å². The monoisotopic (exact) mass is 441 g/mol. The van der Waals surface area contributed by atoms with Crippen LogP contribution in [0.4, 0.5) is 10.5 Å². The molecule has 3 rings (SSSR count). The lowest BCUT2D eigenvalue weighted by molar-refractivity contribution is -0.131. The Hall–Kier alpha value is -3.10. The SMILES string of the molecule is COc1ccccc1NC(=O)N[C@H]1CC[C@@H](CC(=O)N[C@H](C)c2ccccc2)O[C@H]1CO. The number of hydrogen-bond donors (Lipinski definition) is 4. The first-order valence-corrected chi connectivity index (χ1v) is 10.8. The van der Waals surface area contributed by atoms with E-state index in [-0.39, 0.29) is 37.1 Å². The van der Waals surface area contributed by atoms with Crippen molar-refractivity contribution >= 4 is 17.6 Å². The number of ether oxygens (including phenoxy) is 2. The molecular formula is C24H31N3O5. The van der Waals surface area contributed by atoms with Crippen LogP contribution < -0.4 is 20.7 Å². The zero-order chi connectivity index (χ0) is 22.9. The van der Waals surface area contributed by atoms with Crippen molar-refractivity contribution in [2.75, 3.05) is 19.0 Å². The minimum absolute atomic E-state index is 0.103. The third-order valence-electron chi connectivity index (χ3n) is 5.56. The molecule has 4 N–H and O–H groups in total. The van der Waals surface area contributed by atoms with Crippen LogP contribution in [-0.2, 0) is 9.53 Å². The minimum atomic E-state index is -0.587. The van der Waals surface area contributed by atoms with Gasteiger partial charge in [-0.05, 0) is 37.5 Å². The van der Waals surface area contributed by atoms with Gasteiger partial charge in [-0.2, -0.15) is 0 Å². The van der Waals surface area contributed by atoms with E-state index in [1.165, 1.54) is 7.11 Å². The summed E-state index contributed by atoms with van der Waals surface area (Å²) in [6, 6.07) is 16.0. The number of carbonyl (C=O) groups excluding carboxylic acids is 2. The molecule has 1 aliphatic rings. The Morgan fingerprint density at radius 1 is 1.12 bits per heavy atom. The molecule has 0 aliphatic carbocycles. The van der Waals surface area contributed by atoms with Gasteiger partial charge < -0.3 is 30.5 Å². The van der Waals surface area contributed by atoms with Gasteiger partial charge in [-0.15, -0.1) is 0 Å². The number of aliphatic hydroxyl groups is 1. The lowest BCUT2D eigenvalue weighted by atomic mass is 9.97. The summed E-state index contributed by atoms with van der Waals surface area (Å²) in [6.45, 7) is 1.68. The highest BCUT2D eigenvalue weighted by molar-refractivity contribution is 5.91. The van der Waals surface area contributed by atoms with Crippen molar-refractivity contribution in [1.82, 2.24) is 10.6 Å². The fraction of sp³-hybridized carbons (Fsp3) is 0.417. The van der Waals surface area contributed by atoms with Gasteiger partial charge in [-0.25, -0.2) is 4.79 Å². The van der Waals surface area contributed by atoms with E-state index in [9.17, 15) is 14.7 Å². The quantitative estimate of drug-likeness (QED) is 0.504. The number of carbonyl (C=O) groups is 2. The Balaban J connectivity index is 1.48. The van der Waals surface area contributed by atoms with Crippen LogP contribution in [0, 0.1) is 0 Å². The van der Waals surface area contributed by atoms with Crippen LogP contribution in [-0.4, -0.2) is 49.0 Å². The molecule has 0 aromatic heterocycles. The van der Waals surface area contributed by atoms with Gasteiger partial charge in [-0.3, -0.25) is 4.79 Å². The van der Waals surface area contributed by atoms with Gasteiger partial charge in [0.15, 0.2) is 0 Å². The molecule has 0 spiro atoms. The summed E-state index contributed by atoms with van der Waals surface area (Å²) in [5, 5.41) is 18.4. The molecule has 0 unspecified atom stereocenters. The highest BCUT2D eigenvalue weighted by Crippen LogP contribution is 2.25. The summed E-state index contributed by atoms with van der Waals surface area (Å²) in [5.74, 6) is 0.445. The smallest absolute Gasteiger partial charge is 0.319 e. The highest BCUT2D eigenvalue weighted by Gasteiger charge is 2.33. The van der Waals surface area contributed by atoms with Crippen molar-refractivity contribution in [3.05, 3.63) is 60.2 Å². The average molecular weight is 442 g/mol. The van der Waals surface area contributed by atoms with Crippen LogP contribution in [0.3, 0.4) is 0 Å². The molecular weight excluding hydrogens is 410 g/mol. The zero-order valence-electron chi connectivity index (χ0n) is 18.4. The normalized spacial score (nSPS) is 21.3. The fourth-order valence-corrected chi connectivity index (χ4v) is 3.85. The standard InChI is InChI=1S/C24H31N3O5/c1-16(17-8-4-3-5-9-17)25-23(29)14-18-12-13-20(22(15-28)32-18)27-24(30)26-19-10-6-7-11-21(19)31-2/h3-11,16,18,20,22,28H,12-15H2,1-2H3,(H,25,29)(H2,26,27,30)/t16-,18+,20+,22+/m1/s1. The summed E-state index contributed by atoms with van der Waals surface area (Å²) < 4.78 is 11.2. The Labute approximate surface area is 188 Å². The third-order valence-corrected chi connectivity index (χ3v) is 5.56. The van der Waals surface area contributed by atoms with Crippen LogP contribution >= 0.6 is 0 Å². The second-order valence-electron chi connectivity index (χ2n) is 7.87. The first-order chi connectivity index (χ1) is 15.5. The number of nitrogens with one attached hydrogen (secondary N) is 3. The second kappa shape index (κ2) is 11.5. The van der Waals surface area contributed by atoms with Gasteiger partial charge >= 0.3 is 6.03 Å². The van der Waals surface area contributed by atoms with Gasteiger partial charge in [0, 0.05) is 0 Å². The average Bonchev–Trinajstić information content (AvgIpc) is 2.80. The van der Waals surface area contributed by atoms with Crippen LogP contribution in [0.2, 0.25) is 0 Å². The van der Waals surface area contributed by atoms with Gasteiger partial charge in [0.05, 0.1) is 44.0 Å². The number of rotatable bonds is 8. The molecule has 2 aromatic carbocycles. The molecule has 4 atom stereocenters. The number of methoxy groups -OCH3 is 1. The van der Waals surface area contributed by atoms with E-state index < -0.39 is 12.1 Å². The molecule has 1 fully saturated rings. The number of hydrogen-bond acceptors (Lipinski definition) is 5. The second-order valence-corrected chi connectivity index (χ2v) is 7.87. The van der Waals surface area contributed by atoms with Crippen LogP contribution in [0.15, 0.2) is 54.6 Å². The Morgan fingerprint density at radius 3 is 2.56 bits per heavy atom. The van der Waals surface area contributed by atoms with E-state index in [4.69, 9.17) is 9.47 Å². The molecule has 0 saturated carbocycles. The molecule has 3 amide bonds. The maximum absolute atomic E-state index is 12.5. The molecule has 8 nitrogen and oxygen atoms in total. The Kier molecular flexibility index (Phi) is 8.47. The fourth-order valence-electron chi connectivity index (χ4n) is 3.85. The van der Waals surface area contributed by atoms with Gasteiger partial charge in [0.25, 0.3) is 0 Å². The summed E-state index contributed by atoms with van der Waals surface area (Å²) in [5.41, 5.74) is 1.58. The predicted octanol–water partition coefficient (Wildman–Crippen LogP) is 2.99. The number of anilines is 1. The molecule has 0 radical (unpaired) electrons. The zero-order valence-corrected chi connectivity index (χ0v) is 18.4. The van der Waals surface area contributed by atoms with Gasteiger partial charge in [0.2, 0.25) is 5.91 Å². The summed E-state index contributed by atoms with van der Waals surface area (Å²) >= 11 is 0. The molecule has 2 aromatic rings. The van der Waals surface area contributed by atoms with E-state index in [0.717, 1.165) is 5.56 Å². The van der Waals surface area contributed by atoms with Crippen molar-refractivity contribution in [2.24, 2.45) is 0 Å². The first kappa shape index (κ1) is 23.6. The van der Waals surface area contributed by atoms with Crippen molar-refractivity contribution in [1.29, 1.82) is 0 Å². The Morgan fingerprint density at radius 2 is 1.84 bits per heavy atom. The molecule has 32 heavy (non-hydrogen) atoms. The molecule has 1 saturated heterocycles. The van der Waals surface area contributed by atoms with E-state index in [0.29, 0.717) is 24.3 Å². The maximum Gasteiger partial charge on any atom is 0.319 e. The van der Waals surface area contributed by atoms with Crippen LogP contribution in [0.25, 0.3) is 0 Å². The largest absolute Gasteiger partial charge is 0.495 e. The third kappa shape index (κ3) is 6.45. The summed E-state index contributed by atoms with van der Waals surface area (Å²) in [7, 11) is 1.53. The topological polar surface area (TPSA) is 109 Å². The van der Waals surface area contributed by atoms with E-state index >= 15 is 0 Å². The van der Waals surface area contributed by atoms with E-state index in [2.05, 4.69) is 16.0 Å². The van der Waals surface area contributed by atoms with Crippen molar-refractivity contribution in [3.63, 3.8) is 0 Å². The lowest BCUT2D eigenvalue weighted by Crippen LogP contribution is -2.52. The predicted molar refractivity (Wildman–Crippen MR) is 122 cm³/mol. The number of urea groups is 1. The number of amides is 3.